The molecular formula is C19H16ClN3O2S. The molecule has 1 aliphatic heterocycles. The molecule has 0 radical (unpaired) electrons. The van der Waals surface area contributed by atoms with Crippen LogP contribution in [0.15, 0.2) is 58.3 Å². The number of methoxy groups -OCH3 is 1. The molecule has 0 saturated carbocycles. The van der Waals surface area contributed by atoms with Crippen molar-refractivity contribution in [1.82, 2.24) is 4.57 Å². The molecule has 132 valence electrons. The maximum Gasteiger partial charge on any atom is 0.271 e. The van der Waals surface area contributed by atoms with Crippen LogP contribution in [0, 0.1) is 0 Å². The number of aromatic nitrogens is 1. The van der Waals surface area contributed by atoms with Crippen molar-refractivity contribution in [2.24, 2.45) is 4.99 Å². The van der Waals surface area contributed by atoms with Crippen molar-refractivity contribution < 1.29 is 4.74 Å². The number of nitrogens with zero attached hydrogens (tertiary/aromatic N) is 3. The zero-order valence-corrected chi connectivity index (χ0v) is 15.6. The van der Waals surface area contributed by atoms with E-state index in [-0.39, 0.29) is 5.56 Å². The van der Waals surface area contributed by atoms with Crippen LogP contribution in [-0.2, 0) is 6.67 Å². The van der Waals surface area contributed by atoms with E-state index in [1.165, 1.54) is 11.3 Å². The molecule has 2 heterocycles. The third kappa shape index (κ3) is 3.25. The molecule has 3 aromatic rings. The summed E-state index contributed by atoms with van der Waals surface area (Å²) < 4.78 is 7.61. The van der Waals surface area contributed by atoms with Gasteiger partial charge < -0.3 is 9.64 Å². The summed E-state index contributed by atoms with van der Waals surface area (Å²) in [4.78, 5) is 20.1. The van der Waals surface area contributed by atoms with E-state index in [0.29, 0.717) is 22.9 Å². The summed E-state index contributed by atoms with van der Waals surface area (Å²) in [5.74, 6) is 0.763. The monoisotopic (exact) mass is 385 g/mol. The summed E-state index contributed by atoms with van der Waals surface area (Å²) in [6.07, 6.45) is 1.88. The Bertz CT molecular complexity index is 1120. The molecule has 0 atom stereocenters. The largest absolute Gasteiger partial charge is 0.497 e. The lowest BCUT2D eigenvalue weighted by Gasteiger charge is -2.25. The quantitative estimate of drug-likeness (QED) is 0.695. The normalized spacial score (nSPS) is 14.1. The number of benzene rings is 2. The molecule has 0 amide bonds. The fourth-order valence-corrected chi connectivity index (χ4v) is 3.90. The van der Waals surface area contributed by atoms with Crippen molar-refractivity contribution >= 4 is 34.7 Å². The van der Waals surface area contributed by atoms with E-state index < -0.39 is 0 Å². The highest BCUT2D eigenvalue weighted by Gasteiger charge is 2.15. The Morgan fingerprint density at radius 3 is 2.81 bits per heavy atom. The summed E-state index contributed by atoms with van der Waals surface area (Å²) in [6, 6.07) is 15.2. The van der Waals surface area contributed by atoms with Gasteiger partial charge in [0.1, 0.15) is 19.1 Å². The molecule has 0 aliphatic carbocycles. The number of ether oxygens (including phenoxy) is 1. The Morgan fingerprint density at radius 2 is 2.04 bits per heavy atom. The van der Waals surface area contributed by atoms with Gasteiger partial charge in [0.05, 0.1) is 11.6 Å². The zero-order valence-electron chi connectivity index (χ0n) is 14.1. The smallest absolute Gasteiger partial charge is 0.271 e. The van der Waals surface area contributed by atoms with Gasteiger partial charge >= 0.3 is 0 Å². The predicted molar refractivity (Wildman–Crippen MR) is 105 cm³/mol. The fraction of sp³-hybridized carbons (Fsp3) is 0.158. The Kier molecular flexibility index (Phi) is 4.53. The van der Waals surface area contributed by atoms with Crippen LogP contribution in [0.1, 0.15) is 5.56 Å². The van der Waals surface area contributed by atoms with Gasteiger partial charge in [-0.1, -0.05) is 35.1 Å². The number of hydrogen-bond acceptors (Lipinski definition) is 5. The van der Waals surface area contributed by atoms with Crippen LogP contribution < -0.4 is 24.5 Å². The summed E-state index contributed by atoms with van der Waals surface area (Å²) in [6.45, 7) is 0.988. The van der Waals surface area contributed by atoms with E-state index >= 15 is 0 Å². The Morgan fingerprint density at radius 1 is 1.23 bits per heavy atom. The van der Waals surface area contributed by atoms with Gasteiger partial charge in [0.2, 0.25) is 0 Å². The van der Waals surface area contributed by atoms with Crippen LogP contribution in [0.5, 0.6) is 5.75 Å². The van der Waals surface area contributed by atoms with Crippen molar-refractivity contribution in [2.75, 3.05) is 18.7 Å². The molecule has 1 aromatic heterocycles. The van der Waals surface area contributed by atoms with E-state index in [9.17, 15) is 4.79 Å². The highest BCUT2D eigenvalue weighted by atomic mass is 35.5. The predicted octanol–water partition coefficient (Wildman–Crippen LogP) is 2.46. The van der Waals surface area contributed by atoms with E-state index in [2.05, 4.69) is 4.99 Å². The van der Waals surface area contributed by atoms with Crippen molar-refractivity contribution in [3.05, 3.63) is 78.8 Å². The maximum atomic E-state index is 12.8. The second-order valence-electron chi connectivity index (χ2n) is 5.86. The minimum Gasteiger partial charge on any atom is -0.497 e. The average Bonchev–Trinajstić information content (AvgIpc) is 2.98. The molecule has 7 heteroatoms. The van der Waals surface area contributed by atoms with Gasteiger partial charge in [0.15, 0.2) is 4.80 Å². The van der Waals surface area contributed by atoms with Gasteiger partial charge in [-0.15, -0.1) is 0 Å². The van der Waals surface area contributed by atoms with Crippen LogP contribution in [0.3, 0.4) is 0 Å². The molecule has 5 nitrogen and oxygen atoms in total. The minimum atomic E-state index is -0.0322. The van der Waals surface area contributed by atoms with E-state index in [0.717, 1.165) is 21.8 Å². The number of hydrogen-bond donors (Lipinski definition) is 0. The molecule has 0 spiro atoms. The third-order valence-corrected chi connectivity index (χ3v) is 5.46. The van der Waals surface area contributed by atoms with Crippen molar-refractivity contribution in [3.63, 3.8) is 0 Å². The first-order valence-electron chi connectivity index (χ1n) is 8.04. The summed E-state index contributed by atoms with van der Waals surface area (Å²) in [7, 11) is 1.63. The number of anilines is 1. The first kappa shape index (κ1) is 16.9. The molecule has 26 heavy (non-hydrogen) atoms. The van der Waals surface area contributed by atoms with Crippen LogP contribution in [0.25, 0.3) is 6.08 Å². The highest BCUT2D eigenvalue weighted by Crippen LogP contribution is 2.19. The van der Waals surface area contributed by atoms with Crippen molar-refractivity contribution in [3.8, 4) is 5.75 Å². The maximum absolute atomic E-state index is 12.8. The topological polar surface area (TPSA) is 46.8 Å². The third-order valence-electron chi connectivity index (χ3n) is 4.16. The molecule has 1 aliphatic rings. The number of halogens is 1. The van der Waals surface area contributed by atoms with Gasteiger partial charge in [-0.25, -0.2) is 4.99 Å². The molecule has 0 fully saturated rings. The molecule has 2 aromatic carbocycles. The van der Waals surface area contributed by atoms with Crippen molar-refractivity contribution in [2.45, 2.75) is 6.67 Å². The first-order valence-corrected chi connectivity index (χ1v) is 9.24. The molecule has 0 N–H and O–H groups in total. The summed E-state index contributed by atoms with van der Waals surface area (Å²) in [5, 5.41) is 0.686. The van der Waals surface area contributed by atoms with Crippen molar-refractivity contribution in [1.29, 1.82) is 0 Å². The van der Waals surface area contributed by atoms with Gasteiger partial charge in [-0.05, 0) is 48.0 Å². The molecule has 4 rings (SSSR count). The molecule has 0 saturated heterocycles. The zero-order chi connectivity index (χ0) is 18.1. The molecule has 0 unspecified atom stereocenters. The fourth-order valence-electron chi connectivity index (χ4n) is 2.81. The average molecular weight is 386 g/mol. The highest BCUT2D eigenvalue weighted by molar-refractivity contribution is 7.07. The van der Waals surface area contributed by atoms with E-state index in [4.69, 9.17) is 16.3 Å². The van der Waals surface area contributed by atoms with Gasteiger partial charge in [0, 0.05) is 10.7 Å². The lowest BCUT2D eigenvalue weighted by molar-refractivity contribution is 0.414. The van der Waals surface area contributed by atoms with Gasteiger partial charge in [-0.3, -0.25) is 9.36 Å². The van der Waals surface area contributed by atoms with Gasteiger partial charge in [-0.2, -0.15) is 0 Å². The molecular weight excluding hydrogens is 370 g/mol. The van der Waals surface area contributed by atoms with Crippen LogP contribution >= 0.6 is 22.9 Å². The number of rotatable bonds is 3. The number of thiazole rings is 1. The summed E-state index contributed by atoms with van der Waals surface area (Å²) >= 11 is 7.36. The van der Waals surface area contributed by atoms with E-state index in [1.54, 1.807) is 11.7 Å². The Hall–Kier alpha value is -2.57. The van der Waals surface area contributed by atoms with E-state index in [1.807, 2.05) is 59.5 Å². The van der Waals surface area contributed by atoms with Crippen LogP contribution in [-0.4, -0.2) is 18.3 Å². The first-order chi connectivity index (χ1) is 12.6. The second-order valence-corrected chi connectivity index (χ2v) is 7.31. The minimum absolute atomic E-state index is 0.0322. The summed E-state index contributed by atoms with van der Waals surface area (Å²) in [5.41, 5.74) is 1.88. The SMILES string of the molecule is COc1cccc(/C=c2\sc3n(c2=O)CN(c2ccc(Cl)cc2)CN=3)c1. The van der Waals surface area contributed by atoms with Gasteiger partial charge in [0.25, 0.3) is 5.56 Å². The molecule has 0 bridgehead atoms. The second kappa shape index (κ2) is 6.97. The lowest BCUT2D eigenvalue weighted by Crippen LogP contribution is -2.42. The standard InChI is InChI=1S/C19H16ClN3O2S/c1-25-16-4-2-3-13(9-16)10-17-18(24)23-12-22(11-21-19(23)26-17)15-7-5-14(20)6-8-15/h2-10H,11-12H2,1H3/b17-10-. The Labute approximate surface area is 159 Å². The van der Waals surface area contributed by atoms with Crippen LogP contribution in [0.4, 0.5) is 5.69 Å². The number of fused-ring (bicyclic) bond motifs is 1. The Balaban J connectivity index is 1.70. The van der Waals surface area contributed by atoms with Crippen LogP contribution in [0.2, 0.25) is 5.02 Å². The lowest BCUT2D eigenvalue weighted by atomic mass is 10.2.